The van der Waals surface area contributed by atoms with E-state index in [9.17, 15) is 22.8 Å². The molecule has 0 aromatic carbocycles. The quantitative estimate of drug-likeness (QED) is 0.765. The lowest BCUT2D eigenvalue weighted by Crippen LogP contribution is -2.34. The van der Waals surface area contributed by atoms with Crippen LogP contribution in [0.4, 0.5) is 13.2 Å². The van der Waals surface area contributed by atoms with Gasteiger partial charge in [-0.25, -0.2) is 4.98 Å². The molecule has 1 aromatic rings. The summed E-state index contributed by atoms with van der Waals surface area (Å²) >= 11 is 0. The molecule has 9 heteroatoms. The number of amides is 2. The molecular formula is C12H14F3N3O3. The van der Waals surface area contributed by atoms with E-state index in [-0.39, 0.29) is 24.6 Å². The molecule has 1 aromatic heterocycles. The van der Waals surface area contributed by atoms with Crippen LogP contribution >= 0.6 is 0 Å². The molecule has 0 aliphatic heterocycles. The van der Waals surface area contributed by atoms with Crippen LogP contribution < -0.4 is 15.4 Å². The van der Waals surface area contributed by atoms with Crippen LogP contribution in [0.1, 0.15) is 17.3 Å². The topological polar surface area (TPSA) is 80.3 Å². The Hall–Kier alpha value is -2.32. The van der Waals surface area contributed by atoms with Crippen molar-refractivity contribution in [2.45, 2.75) is 13.1 Å². The maximum atomic E-state index is 12.1. The second-order valence-corrected chi connectivity index (χ2v) is 4.00. The fraction of sp³-hybridized carbons (Fsp3) is 0.417. The molecule has 0 radical (unpaired) electrons. The minimum Gasteiger partial charge on any atom is -0.467 e. The van der Waals surface area contributed by atoms with Gasteiger partial charge in [0.2, 0.25) is 11.8 Å². The minimum absolute atomic E-state index is 0.107. The normalized spacial score (nSPS) is 10.9. The van der Waals surface area contributed by atoms with Crippen LogP contribution in [-0.2, 0) is 4.79 Å². The third-order valence-electron chi connectivity index (χ3n) is 2.17. The van der Waals surface area contributed by atoms with Crippen molar-refractivity contribution in [1.82, 2.24) is 15.6 Å². The Morgan fingerprint density at radius 2 is 1.95 bits per heavy atom. The molecule has 0 aliphatic rings. The molecule has 0 aliphatic carbocycles. The van der Waals surface area contributed by atoms with Crippen LogP contribution in [0.25, 0.3) is 0 Å². The Balaban J connectivity index is 2.60. The number of hydrogen-bond donors (Lipinski definition) is 2. The molecule has 2 amide bonds. The van der Waals surface area contributed by atoms with E-state index in [4.69, 9.17) is 0 Å². The van der Waals surface area contributed by atoms with Crippen molar-refractivity contribution in [2.24, 2.45) is 0 Å². The van der Waals surface area contributed by atoms with Gasteiger partial charge in [-0.05, 0) is 12.1 Å². The van der Waals surface area contributed by atoms with E-state index in [0.717, 1.165) is 0 Å². The Morgan fingerprint density at radius 3 is 2.57 bits per heavy atom. The third-order valence-corrected chi connectivity index (χ3v) is 2.17. The Kier molecular flexibility index (Phi) is 5.94. The third kappa shape index (κ3) is 6.59. The van der Waals surface area contributed by atoms with Gasteiger partial charge in [0.15, 0.2) is 6.61 Å². The monoisotopic (exact) mass is 305 g/mol. The molecule has 0 bridgehead atoms. The predicted octanol–water partition coefficient (Wildman–Crippen LogP) is 0.889. The van der Waals surface area contributed by atoms with E-state index in [2.05, 4.69) is 20.4 Å². The van der Waals surface area contributed by atoms with Gasteiger partial charge in [0, 0.05) is 26.2 Å². The van der Waals surface area contributed by atoms with Gasteiger partial charge in [-0.2, -0.15) is 13.2 Å². The summed E-state index contributed by atoms with van der Waals surface area (Å²) in [7, 11) is 0. The molecule has 0 spiro atoms. The number of aromatic nitrogens is 1. The number of pyridine rings is 1. The van der Waals surface area contributed by atoms with E-state index in [1.165, 1.54) is 25.3 Å². The molecule has 116 valence electrons. The first-order chi connectivity index (χ1) is 9.79. The van der Waals surface area contributed by atoms with Crippen molar-refractivity contribution in [3.8, 4) is 5.88 Å². The standard InChI is InChI=1S/C12H14F3N3O3/c1-8(19)16-5-6-17-10(20)9-3-2-4-18-11(9)21-7-12(13,14)15/h2-4H,5-7H2,1H3,(H,16,19)(H,17,20). The summed E-state index contributed by atoms with van der Waals surface area (Å²) in [5.41, 5.74) is -0.107. The van der Waals surface area contributed by atoms with Crippen LogP contribution in [0.2, 0.25) is 0 Å². The van der Waals surface area contributed by atoms with Crippen molar-refractivity contribution in [2.75, 3.05) is 19.7 Å². The zero-order valence-corrected chi connectivity index (χ0v) is 11.2. The average molecular weight is 305 g/mol. The lowest BCUT2D eigenvalue weighted by Gasteiger charge is -2.12. The number of carbonyl (C=O) groups is 2. The molecule has 2 N–H and O–H groups in total. The zero-order valence-electron chi connectivity index (χ0n) is 11.2. The molecule has 6 nitrogen and oxygen atoms in total. The molecule has 0 saturated carbocycles. The Bertz CT molecular complexity index is 506. The van der Waals surface area contributed by atoms with E-state index in [1.807, 2.05) is 0 Å². The highest BCUT2D eigenvalue weighted by Crippen LogP contribution is 2.19. The summed E-state index contributed by atoms with van der Waals surface area (Å²) in [5.74, 6) is -1.28. The molecule has 21 heavy (non-hydrogen) atoms. The number of hydrogen-bond acceptors (Lipinski definition) is 4. The maximum absolute atomic E-state index is 12.1. The van der Waals surface area contributed by atoms with E-state index in [0.29, 0.717) is 0 Å². The van der Waals surface area contributed by atoms with E-state index >= 15 is 0 Å². The minimum atomic E-state index is -4.52. The average Bonchev–Trinajstić information content (AvgIpc) is 2.40. The van der Waals surface area contributed by atoms with Gasteiger partial charge in [-0.1, -0.05) is 0 Å². The smallest absolute Gasteiger partial charge is 0.422 e. The second kappa shape index (κ2) is 7.46. The summed E-state index contributed by atoms with van der Waals surface area (Å²) in [6.45, 7) is 0.133. The molecule has 1 rings (SSSR count). The first-order valence-electron chi connectivity index (χ1n) is 5.97. The van der Waals surface area contributed by atoms with Crippen molar-refractivity contribution >= 4 is 11.8 Å². The van der Waals surface area contributed by atoms with Gasteiger partial charge in [-0.15, -0.1) is 0 Å². The molecule has 1 heterocycles. The van der Waals surface area contributed by atoms with Gasteiger partial charge in [-0.3, -0.25) is 9.59 Å². The van der Waals surface area contributed by atoms with E-state index < -0.39 is 24.6 Å². The van der Waals surface area contributed by atoms with Crippen LogP contribution in [0.15, 0.2) is 18.3 Å². The molecule has 0 fully saturated rings. The zero-order chi connectivity index (χ0) is 15.9. The lowest BCUT2D eigenvalue weighted by molar-refractivity contribution is -0.154. The van der Waals surface area contributed by atoms with Crippen molar-refractivity contribution in [3.05, 3.63) is 23.9 Å². The van der Waals surface area contributed by atoms with E-state index in [1.54, 1.807) is 0 Å². The number of nitrogens with zero attached hydrogens (tertiary/aromatic N) is 1. The Morgan fingerprint density at radius 1 is 1.29 bits per heavy atom. The number of ether oxygens (including phenoxy) is 1. The van der Waals surface area contributed by atoms with Crippen molar-refractivity contribution in [1.29, 1.82) is 0 Å². The van der Waals surface area contributed by atoms with Crippen LogP contribution in [0.5, 0.6) is 5.88 Å². The first-order valence-corrected chi connectivity index (χ1v) is 5.97. The number of halogens is 3. The Labute approximate surface area is 118 Å². The fourth-order valence-electron chi connectivity index (χ4n) is 1.34. The van der Waals surface area contributed by atoms with Crippen LogP contribution in [-0.4, -0.2) is 42.7 Å². The number of alkyl halides is 3. The summed E-state index contributed by atoms with van der Waals surface area (Å²) in [6.07, 6.45) is -3.30. The fourth-order valence-corrected chi connectivity index (χ4v) is 1.34. The van der Waals surface area contributed by atoms with Crippen LogP contribution in [0, 0.1) is 0 Å². The van der Waals surface area contributed by atoms with Crippen LogP contribution in [0.3, 0.4) is 0 Å². The second-order valence-electron chi connectivity index (χ2n) is 4.00. The molecular weight excluding hydrogens is 291 g/mol. The summed E-state index contributed by atoms with van der Waals surface area (Å²) in [4.78, 5) is 26.0. The SMILES string of the molecule is CC(=O)NCCNC(=O)c1cccnc1OCC(F)(F)F. The van der Waals surface area contributed by atoms with Crippen molar-refractivity contribution in [3.63, 3.8) is 0 Å². The highest BCUT2D eigenvalue weighted by Gasteiger charge is 2.29. The predicted molar refractivity (Wildman–Crippen MR) is 66.8 cm³/mol. The maximum Gasteiger partial charge on any atom is 0.422 e. The van der Waals surface area contributed by atoms with Gasteiger partial charge >= 0.3 is 6.18 Å². The summed E-state index contributed by atoms with van der Waals surface area (Å²) < 4.78 is 40.8. The van der Waals surface area contributed by atoms with Crippen molar-refractivity contribution < 1.29 is 27.5 Å². The van der Waals surface area contributed by atoms with Gasteiger partial charge in [0.1, 0.15) is 5.56 Å². The molecule has 0 unspecified atom stereocenters. The summed E-state index contributed by atoms with van der Waals surface area (Å²) in [6, 6.07) is 2.70. The molecule has 0 atom stereocenters. The number of carbonyl (C=O) groups excluding carboxylic acids is 2. The lowest BCUT2D eigenvalue weighted by atomic mass is 10.2. The highest BCUT2D eigenvalue weighted by atomic mass is 19.4. The largest absolute Gasteiger partial charge is 0.467 e. The number of nitrogens with one attached hydrogen (secondary N) is 2. The van der Waals surface area contributed by atoms with Gasteiger partial charge in [0.25, 0.3) is 5.91 Å². The molecule has 0 saturated heterocycles. The summed E-state index contributed by atoms with van der Waals surface area (Å²) in [5, 5.41) is 4.90. The van der Waals surface area contributed by atoms with Gasteiger partial charge < -0.3 is 15.4 Å². The number of rotatable bonds is 6. The highest BCUT2D eigenvalue weighted by molar-refractivity contribution is 5.96. The van der Waals surface area contributed by atoms with Gasteiger partial charge in [0.05, 0.1) is 0 Å². The first kappa shape index (κ1) is 16.7.